The Morgan fingerprint density at radius 3 is 2.60 bits per heavy atom. The number of rotatable bonds is 4. The van der Waals surface area contributed by atoms with Crippen molar-refractivity contribution in [2.75, 3.05) is 17.7 Å². The highest BCUT2D eigenvalue weighted by Gasteiger charge is 2.30. The van der Waals surface area contributed by atoms with E-state index < -0.39 is 11.7 Å². The first-order valence-corrected chi connectivity index (χ1v) is 8.76. The Balaban J connectivity index is 2.32. The van der Waals surface area contributed by atoms with Crippen molar-refractivity contribution >= 4 is 40.7 Å². The maximum absolute atomic E-state index is 12.8. The van der Waals surface area contributed by atoms with Crippen LogP contribution in [0.3, 0.4) is 0 Å². The first-order valence-electron chi connectivity index (χ1n) is 7.40. The zero-order valence-electron chi connectivity index (χ0n) is 13.6. The van der Waals surface area contributed by atoms with Crippen LogP contribution in [0.25, 0.3) is 0 Å². The van der Waals surface area contributed by atoms with Crippen molar-refractivity contribution in [3.05, 3.63) is 53.1 Å². The van der Waals surface area contributed by atoms with Gasteiger partial charge in [-0.25, -0.2) is 4.99 Å². The first kappa shape index (κ1) is 19.5. The van der Waals surface area contributed by atoms with Gasteiger partial charge in [-0.05, 0) is 42.2 Å². The number of nitrogens with two attached hydrogens (primary N) is 1. The third-order valence-electron chi connectivity index (χ3n) is 3.35. The molecule has 0 heterocycles. The molecule has 0 radical (unpaired) electrons. The molecule has 0 aliphatic heterocycles. The number of benzene rings is 2. The summed E-state index contributed by atoms with van der Waals surface area (Å²) >= 11 is 7.86. The van der Waals surface area contributed by atoms with Crippen LogP contribution >= 0.6 is 23.4 Å². The van der Waals surface area contributed by atoms with Gasteiger partial charge in [-0.2, -0.15) is 13.2 Å². The number of halogens is 4. The quantitative estimate of drug-likeness (QED) is 0.424. The van der Waals surface area contributed by atoms with Crippen molar-refractivity contribution in [2.45, 2.75) is 18.0 Å². The van der Waals surface area contributed by atoms with E-state index in [4.69, 9.17) is 17.3 Å². The van der Waals surface area contributed by atoms with Crippen LogP contribution in [0, 0.1) is 0 Å². The molecule has 2 aromatic carbocycles. The van der Waals surface area contributed by atoms with Gasteiger partial charge in [0, 0.05) is 11.9 Å². The number of hydrogen-bond acceptors (Lipinski definition) is 2. The SMILES string of the molecule is CCSc1ccc(Cl)c(N(C)C(N)=Nc2cccc(C(F)(F)F)c2)c1. The van der Waals surface area contributed by atoms with Crippen molar-refractivity contribution < 1.29 is 13.2 Å². The predicted octanol–water partition coefficient (Wildman–Crippen LogP) is 5.55. The largest absolute Gasteiger partial charge is 0.416 e. The van der Waals surface area contributed by atoms with Crippen molar-refractivity contribution in [2.24, 2.45) is 10.7 Å². The number of hydrogen-bond donors (Lipinski definition) is 1. The van der Waals surface area contributed by atoms with Crippen LogP contribution in [0.1, 0.15) is 12.5 Å². The average Bonchev–Trinajstić information content (AvgIpc) is 2.55. The second-order valence-electron chi connectivity index (χ2n) is 5.12. The molecule has 25 heavy (non-hydrogen) atoms. The molecule has 0 saturated carbocycles. The van der Waals surface area contributed by atoms with E-state index in [0.29, 0.717) is 10.7 Å². The molecule has 2 aromatic rings. The minimum absolute atomic E-state index is 0.0415. The lowest BCUT2D eigenvalue weighted by atomic mass is 10.2. The molecular weight excluding hydrogens is 371 g/mol. The smallest absolute Gasteiger partial charge is 0.369 e. The lowest BCUT2D eigenvalue weighted by Crippen LogP contribution is -2.33. The van der Waals surface area contributed by atoms with Crippen molar-refractivity contribution in [3.63, 3.8) is 0 Å². The summed E-state index contributed by atoms with van der Waals surface area (Å²) in [5, 5.41) is 0.477. The van der Waals surface area contributed by atoms with Crippen LogP contribution in [0.4, 0.5) is 24.5 Å². The molecule has 0 bridgehead atoms. The summed E-state index contributed by atoms with van der Waals surface area (Å²) in [6.07, 6.45) is -4.43. The van der Waals surface area contributed by atoms with Gasteiger partial charge in [0.05, 0.1) is 22.0 Å². The minimum Gasteiger partial charge on any atom is -0.369 e. The summed E-state index contributed by atoms with van der Waals surface area (Å²) in [7, 11) is 1.66. The zero-order valence-corrected chi connectivity index (χ0v) is 15.2. The van der Waals surface area contributed by atoms with Gasteiger partial charge in [0.1, 0.15) is 0 Å². The third-order valence-corrected chi connectivity index (χ3v) is 4.55. The summed E-state index contributed by atoms with van der Waals surface area (Å²) in [5.41, 5.74) is 5.94. The van der Waals surface area contributed by atoms with E-state index in [0.717, 1.165) is 22.8 Å². The summed E-state index contributed by atoms with van der Waals surface area (Å²) in [6, 6.07) is 10.2. The molecule has 0 amide bonds. The predicted molar refractivity (Wildman–Crippen MR) is 99.0 cm³/mol. The number of guanidine groups is 1. The Hall–Kier alpha value is -1.86. The van der Waals surface area contributed by atoms with Crippen molar-refractivity contribution in [1.29, 1.82) is 0 Å². The van der Waals surface area contributed by atoms with Gasteiger partial charge in [0.25, 0.3) is 0 Å². The summed E-state index contributed by atoms with van der Waals surface area (Å²) in [5.74, 6) is 0.943. The molecule has 0 aliphatic carbocycles. The molecule has 134 valence electrons. The summed E-state index contributed by atoms with van der Waals surface area (Å²) < 4.78 is 38.4. The fourth-order valence-corrected chi connectivity index (χ4v) is 3.03. The highest BCUT2D eigenvalue weighted by molar-refractivity contribution is 7.99. The van der Waals surface area contributed by atoms with Crippen molar-refractivity contribution in [3.8, 4) is 0 Å². The van der Waals surface area contributed by atoms with Gasteiger partial charge in [-0.1, -0.05) is 24.6 Å². The molecule has 0 spiro atoms. The number of thioether (sulfide) groups is 1. The first-order chi connectivity index (χ1) is 11.7. The van der Waals surface area contributed by atoms with Crippen LogP contribution in [0.5, 0.6) is 0 Å². The van der Waals surface area contributed by atoms with E-state index in [1.807, 2.05) is 19.1 Å². The lowest BCUT2D eigenvalue weighted by molar-refractivity contribution is -0.137. The molecule has 0 aromatic heterocycles. The molecule has 2 rings (SSSR count). The maximum atomic E-state index is 12.8. The van der Waals surface area contributed by atoms with Gasteiger partial charge >= 0.3 is 6.18 Å². The van der Waals surface area contributed by atoms with Crippen LogP contribution in [-0.2, 0) is 6.18 Å². The Labute approximate surface area is 153 Å². The van der Waals surface area contributed by atoms with Crippen LogP contribution in [0.2, 0.25) is 5.02 Å². The van der Waals surface area contributed by atoms with Crippen LogP contribution < -0.4 is 10.6 Å². The topological polar surface area (TPSA) is 41.6 Å². The number of aliphatic imine (C=N–C) groups is 1. The fraction of sp³-hybridized carbons (Fsp3) is 0.235. The Morgan fingerprint density at radius 2 is 1.96 bits per heavy atom. The molecule has 0 fully saturated rings. The zero-order chi connectivity index (χ0) is 18.6. The number of nitrogens with zero attached hydrogens (tertiary/aromatic N) is 2. The molecule has 8 heteroatoms. The summed E-state index contributed by atoms with van der Waals surface area (Å²) in [6.45, 7) is 2.03. The highest BCUT2D eigenvalue weighted by Crippen LogP contribution is 2.32. The molecule has 0 aliphatic rings. The molecule has 3 nitrogen and oxygen atoms in total. The summed E-state index contributed by atoms with van der Waals surface area (Å²) in [4.78, 5) is 6.64. The van der Waals surface area contributed by atoms with E-state index in [9.17, 15) is 13.2 Å². The van der Waals surface area contributed by atoms with Gasteiger partial charge in [-0.3, -0.25) is 0 Å². The molecule has 2 N–H and O–H groups in total. The number of anilines is 1. The number of alkyl halides is 3. The van der Waals surface area contributed by atoms with E-state index >= 15 is 0 Å². The van der Waals surface area contributed by atoms with Crippen LogP contribution in [-0.4, -0.2) is 18.8 Å². The van der Waals surface area contributed by atoms with Gasteiger partial charge in [0.2, 0.25) is 5.96 Å². The Kier molecular flexibility index (Phi) is 6.24. The molecular formula is C17H17ClF3N3S. The van der Waals surface area contributed by atoms with E-state index in [1.165, 1.54) is 12.1 Å². The van der Waals surface area contributed by atoms with Gasteiger partial charge in [-0.15, -0.1) is 11.8 Å². The van der Waals surface area contributed by atoms with E-state index in [1.54, 1.807) is 29.8 Å². The van der Waals surface area contributed by atoms with E-state index in [2.05, 4.69) is 4.99 Å². The van der Waals surface area contributed by atoms with Gasteiger partial charge in [0.15, 0.2) is 0 Å². The fourth-order valence-electron chi connectivity index (χ4n) is 2.09. The third kappa shape index (κ3) is 5.06. The molecule has 0 saturated heterocycles. The monoisotopic (exact) mass is 387 g/mol. The Bertz CT molecular complexity index is 778. The molecule has 0 atom stereocenters. The van der Waals surface area contributed by atoms with Crippen molar-refractivity contribution in [1.82, 2.24) is 0 Å². The highest BCUT2D eigenvalue weighted by atomic mass is 35.5. The van der Waals surface area contributed by atoms with E-state index in [-0.39, 0.29) is 11.6 Å². The molecule has 0 unspecified atom stereocenters. The maximum Gasteiger partial charge on any atom is 0.416 e. The van der Waals surface area contributed by atoms with Crippen LogP contribution in [0.15, 0.2) is 52.4 Å². The second kappa shape index (κ2) is 8.01. The minimum atomic E-state index is -4.43. The Morgan fingerprint density at radius 1 is 1.24 bits per heavy atom. The standard InChI is InChI=1S/C17H17ClF3N3S/c1-3-25-13-7-8-14(18)15(10-13)24(2)16(22)23-12-6-4-5-11(9-12)17(19,20)21/h4-10H,3H2,1-2H3,(H2,22,23). The van der Waals surface area contributed by atoms with Gasteiger partial charge < -0.3 is 10.6 Å². The second-order valence-corrected chi connectivity index (χ2v) is 6.87. The lowest BCUT2D eigenvalue weighted by Gasteiger charge is -2.20. The average molecular weight is 388 g/mol. The normalized spacial score (nSPS) is 12.3.